The number of fused-ring (bicyclic) bond motifs is 1. The van der Waals surface area contributed by atoms with Crippen molar-refractivity contribution in [3.8, 4) is 17.2 Å². The van der Waals surface area contributed by atoms with Crippen molar-refractivity contribution in [1.29, 1.82) is 0 Å². The van der Waals surface area contributed by atoms with Crippen LogP contribution in [0, 0.1) is 5.92 Å². The summed E-state index contributed by atoms with van der Waals surface area (Å²) in [5, 5.41) is 21.5. The van der Waals surface area contributed by atoms with Gasteiger partial charge in [0.1, 0.15) is 24.7 Å². The number of halogens is 2. The molecule has 6 rings (SSSR count). The quantitative estimate of drug-likeness (QED) is 0.0580. The molecule has 0 spiro atoms. The highest BCUT2D eigenvalue weighted by molar-refractivity contribution is 8.00. The molecule has 4 aromatic rings. The van der Waals surface area contributed by atoms with Gasteiger partial charge in [-0.1, -0.05) is 78.3 Å². The van der Waals surface area contributed by atoms with Crippen molar-refractivity contribution in [2.75, 3.05) is 24.7 Å². The lowest BCUT2D eigenvalue weighted by Crippen LogP contribution is -2.29. The number of hydrogen-bond acceptors (Lipinski definition) is 10. The molecular formula is C33H29Cl2N3O6S2. The van der Waals surface area contributed by atoms with Crippen molar-refractivity contribution in [2.45, 2.75) is 36.4 Å². The minimum atomic E-state index is -1.00. The molecule has 1 amide bonds. The van der Waals surface area contributed by atoms with E-state index >= 15 is 0 Å². The Morgan fingerprint density at radius 1 is 1.07 bits per heavy atom. The Bertz CT molecular complexity index is 1830. The lowest BCUT2D eigenvalue weighted by molar-refractivity contribution is -0.132. The molecule has 0 radical (unpaired) electrons. The number of aliphatic hydroxyl groups excluding tert-OH is 1. The highest BCUT2D eigenvalue weighted by Crippen LogP contribution is 2.45. The molecule has 2 aliphatic rings. The van der Waals surface area contributed by atoms with Gasteiger partial charge in [0.25, 0.3) is 5.78 Å². The van der Waals surface area contributed by atoms with E-state index < -0.39 is 17.7 Å². The Hall–Kier alpha value is -3.77. The van der Waals surface area contributed by atoms with Gasteiger partial charge in [0.15, 0.2) is 15.8 Å². The lowest BCUT2D eigenvalue weighted by Gasteiger charge is -2.23. The van der Waals surface area contributed by atoms with E-state index in [0.717, 1.165) is 23.3 Å². The smallest absolute Gasteiger partial charge is 0.301 e. The van der Waals surface area contributed by atoms with Crippen LogP contribution in [-0.4, -0.2) is 46.8 Å². The van der Waals surface area contributed by atoms with Crippen LogP contribution in [0.1, 0.15) is 43.0 Å². The van der Waals surface area contributed by atoms with Crippen LogP contribution < -0.4 is 19.1 Å². The summed E-state index contributed by atoms with van der Waals surface area (Å²) in [4.78, 5) is 28.7. The van der Waals surface area contributed by atoms with E-state index in [-0.39, 0.29) is 16.5 Å². The number of Topliss-reactive ketones (excluding diaryl/α,β-unsaturated/α-hetero) is 1. The predicted octanol–water partition coefficient (Wildman–Crippen LogP) is 7.96. The van der Waals surface area contributed by atoms with Gasteiger partial charge in [0.05, 0.1) is 18.2 Å². The van der Waals surface area contributed by atoms with E-state index in [0.29, 0.717) is 74.3 Å². The van der Waals surface area contributed by atoms with Crippen molar-refractivity contribution in [2.24, 2.45) is 5.92 Å². The summed E-state index contributed by atoms with van der Waals surface area (Å²) >= 11 is 14.9. The number of amides is 1. The Kier molecular flexibility index (Phi) is 9.74. The Morgan fingerprint density at radius 3 is 2.65 bits per heavy atom. The molecule has 3 aromatic carbocycles. The Labute approximate surface area is 284 Å². The van der Waals surface area contributed by atoms with Gasteiger partial charge in [-0.3, -0.25) is 14.5 Å². The van der Waals surface area contributed by atoms with Crippen LogP contribution in [0.25, 0.3) is 5.76 Å². The van der Waals surface area contributed by atoms with Gasteiger partial charge in [-0.15, -0.1) is 10.2 Å². The molecule has 1 saturated heterocycles. The first-order valence-corrected chi connectivity index (χ1v) is 17.1. The zero-order valence-corrected chi connectivity index (χ0v) is 28.0. The summed E-state index contributed by atoms with van der Waals surface area (Å²) in [6.07, 6.45) is 0.860. The Morgan fingerprint density at radius 2 is 1.87 bits per heavy atom. The molecule has 1 fully saturated rings. The van der Waals surface area contributed by atoms with Gasteiger partial charge < -0.3 is 19.3 Å². The van der Waals surface area contributed by atoms with Crippen molar-refractivity contribution < 1.29 is 28.9 Å². The highest BCUT2D eigenvalue weighted by atomic mass is 35.5. The summed E-state index contributed by atoms with van der Waals surface area (Å²) in [6.45, 7) is 5.50. The summed E-state index contributed by atoms with van der Waals surface area (Å²) in [6, 6.07) is 16.3. The van der Waals surface area contributed by atoms with Gasteiger partial charge in [0.2, 0.25) is 5.13 Å². The minimum absolute atomic E-state index is 0.0849. The second-order valence-corrected chi connectivity index (χ2v) is 14.0. The highest BCUT2D eigenvalue weighted by Gasteiger charge is 2.48. The molecule has 1 N–H and O–H groups in total. The fourth-order valence-electron chi connectivity index (χ4n) is 5.01. The number of anilines is 1. The van der Waals surface area contributed by atoms with Crippen LogP contribution >= 0.6 is 46.3 Å². The third kappa shape index (κ3) is 6.83. The van der Waals surface area contributed by atoms with Crippen molar-refractivity contribution >= 4 is 68.9 Å². The van der Waals surface area contributed by atoms with Crippen molar-refractivity contribution in [3.63, 3.8) is 0 Å². The molecule has 1 aromatic heterocycles. The number of aliphatic hydroxyl groups is 1. The number of ether oxygens (including phenoxy) is 3. The first-order valence-electron chi connectivity index (χ1n) is 14.5. The average molecular weight is 699 g/mol. The van der Waals surface area contributed by atoms with Crippen LogP contribution in [0.3, 0.4) is 0 Å². The maximum Gasteiger partial charge on any atom is 0.301 e. The monoisotopic (exact) mass is 697 g/mol. The molecule has 1 atom stereocenters. The van der Waals surface area contributed by atoms with E-state index in [9.17, 15) is 14.7 Å². The maximum atomic E-state index is 13.7. The summed E-state index contributed by atoms with van der Waals surface area (Å²) in [5.41, 5.74) is 1.66. The van der Waals surface area contributed by atoms with Crippen LogP contribution in [0.4, 0.5) is 5.13 Å². The molecule has 0 unspecified atom stereocenters. The van der Waals surface area contributed by atoms with E-state index in [1.54, 1.807) is 48.5 Å². The third-order valence-electron chi connectivity index (χ3n) is 7.37. The van der Waals surface area contributed by atoms with E-state index in [1.165, 1.54) is 16.7 Å². The van der Waals surface area contributed by atoms with Gasteiger partial charge in [-0.05, 0) is 65.9 Å². The van der Waals surface area contributed by atoms with E-state index in [1.807, 2.05) is 12.1 Å². The second kappa shape index (κ2) is 13.9. The van der Waals surface area contributed by atoms with Crippen molar-refractivity contribution in [3.05, 3.63) is 93.0 Å². The van der Waals surface area contributed by atoms with Crippen LogP contribution in [0.2, 0.25) is 10.0 Å². The number of rotatable bonds is 10. The zero-order valence-electron chi connectivity index (χ0n) is 24.9. The number of benzene rings is 3. The number of carbonyl (C=O) groups excluding carboxylic acids is 2. The lowest BCUT2D eigenvalue weighted by atomic mass is 9.95. The number of carbonyl (C=O) groups is 2. The first kappa shape index (κ1) is 32.2. The molecule has 9 nitrogen and oxygen atoms in total. The molecule has 0 aliphatic carbocycles. The fraction of sp³-hybridized carbons (Fsp3) is 0.273. The summed E-state index contributed by atoms with van der Waals surface area (Å²) < 4.78 is 17.9. The molecule has 0 bridgehead atoms. The predicted molar refractivity (Wildman–Crippen MR) is 180 cm³/mol. The minimum Gasteiger partial charge on any atom is -0.507 e. The number of hydrogen-bond donors (Lipinski definition) is 1. The second-order valence-electron chi connectivity index (χ2n) is 11.0. The van der Waals surface area contributed by atoms with Crippen LogP contribution in [-0.2, 0) is 15.3 Å². The molecule has 238 valence electrons. The van der Waals surface area contributed by atoms with Gasteiger partial charge >= 0.3 is 5.91 Å². The van der Waals surface area contributed by atoms with Crippen LogP contribution in [0.5, 0.6) is 17.2 Å². The SMILES string of the molecule is CC(C)CCOc1cccc([C@H]2C(=C(O)c3ccc4c(c3)OCCO4)C(=O)C(=O)N2c2nnc(SCc3ccc(Cl)cc3Cl)s2)c1. The average Bonchev–Trinajstić information content (AvgIpc) is 3.61. The summed E-state index contributed by atoms with van der Waals surface area (Å²) in [5.74, 6) is 0.484. The summed E-state index contributed by atoms with van der Waals surface area (Å²) in [7, 11) is 0. The largest absolute Gasteiger partial charge is 0.507 e. The third-order valence-corrected chi connectivity index (χ3v) is 10.1. The van der Waals surface area contributed by atoms with Crippen LogP contribution in [0.15, 0.2) is 70.6 Å². The molecule has 3 heterocycles. The first-order chi connectivity index (χ1) is 22.2. The standard InChI is InChI=1S/C33H29Cl2N3O6S2/c1-18(2)10-11-42-23-5-3-4-19(14-23)28-27(29(39)20-7-9-25-26(15-20)44-13-12-43-25)30(40)31(41)38(28)32-36-37-33(46-32)45-17-21-6-8-22(34)16-24(21)35/h3-9,14-16,18,28,39H,10-13,17H2,1-2H3/t28-/m0/s1. The molecule has 46 heavy (non-hydrogen) atoms. The van der Waals surface area contributed by atoms with Crippen molar-refractivity contribution in [1.82, 2.24) is 10.2 Å². The molecular weight excluding hydrogens is 669 g/mol. The number of aromatic nitrogens is 2. The van der Waals surface area contributed by atoms with Gasteiger partial charge in [-0.25, -0.2) is 0 Å². The number of ketones is 1. The van der Waals surface area contributed by atoms with Gasteiger partial charge in [-0.2, -0.15) is 0 Å². The maximum absolute atomic E-state index is 13.7. The normalized spacial score (nSPS) is 17.2. The van der Waals surface area contributed by atoms with Gasteiger partial charge in [0, 0.05) is 21.4 Å². The zero-order chi connectivity index (χ0) is 32.4. The van der Waals surface area contributed by atoms with E-state index in [2.05, 4.69) is 24.0 Å². The number of thioether (sulfide) groups is 1. The fourth-order valence-corrected chi connectivity index (χ4v) is 7.44. The number of nitrogens with zero attached hydrogens (tertiary/aromatic N) is 3. The van der Waals surface area contributed by atoms with E-state index in [4.69, 9.17) is 37.4 Å². The topological polar surface area (TPSA) is 111 Å². The Balaban J connectivity index is 1.38. The molecule has 2 aliphatic heterocycles. The molecule has 13 heteroatoms. The molecule has 0 saturated carbocycles.